The predicted molar refractivity (Wildman–Crippen MR) is 63.5 cm³/mol. The maximum Gasteiger partial charge on any atom is 0.256 e. The minimum Gasteiger partial charge on any atom is -0.323 e. The molecule has 0 N–H and O–H groups in total. The molecule has 0 aliphatic carbocycles. The molecule has 1 amide bonds. The first-order valence-electron chi connectivity index (χ1n) is 5.54. The van der Waals surface area contributed by atoms with Crippen molar-refractivity contribution in [2.75, 3.05) is 6.54 Å². The number of pyridine rings is 1. The summed E-state index contributed by atoms with van der Waals surface area (Å²) in [6, 6.07) is 3.43. The standard InChI is InChI=1S/C12H12ClN3O/c13-11-8-15-5-4-10(11)12(17)16-6-2-1-3-9(16)7-14/h4-5,8-9H,1-3,6H2. The van der Waals surface area contributed by atoms with Gasteiger partial charge in [0.15, 0.2) is 0 Å². The summed E-state index contributed by atoms with van der Waals surface area (Å²) in [6.07, 6.45) is 5.65. The number of nitrogens with zero attached hydrogens (tertiary/aromatic N) is 3. The second kappa shape index (κ2) is 5.15. The van der Waals surface area contributed by atoms with Gasteiger partial charge in [0.1, 0.15) is 6.04 Å². The zero-order valence-electron chi connectivity index (χ0n) is 9.27. The van der Waals surface area contributed by atoms with Crippen molar-refractivity contribution >= 4 is 17.5 Å². The number of nitriles is 1. The van der Waals surface area contributed by atoms with Crippen LogP contribution in [0.5, 0.6) is 0 Å². The van der Waals surface area contributed by atoms with Gasteiger partial charge in [-0.15, -0.1) is 0 Å². The lowest BCUT2D eigenvalue weighted by atomic mass is 10.0. The number of carbonyl (C=O) groups excluding carboxylic acids is 1. The number of hydrogen-bond acceptors (Lipinski definition) is 3. The number of amides is 1. The molecule has 5 heteroatoms. The Balaban J connectivity index is 2.25. The number of carbonyl (C=O) groups is 1. The van der Waals surface area contributed by atoms with Crippen molar-refractivity contribution < 1.29 is 4.79 Å². The van der Waals surface area contributed by atoms with Gasteiger partial charge in [0.2, 0.25) is 0 Å². The Hall–Kier alpha value is -1.60. The first-order chi connectivity index (χ1) is 8.24. The second-order valence-corrected chi connectivity index (χ2v) is 4.40. The summed E-state index contributed by atoms with van der Waals surface area (Å²) in [5.41, 5.74) is 0.420. The van der Waals surface area contributed by atoms with Crippen molar-refractivity contribution in [2.45, 2.75) is 25.3 Å². The van der Waals surface area contributed by atoms with Gasteiger partial charge in [-0.05, 0) is 25.3 Å². The molecule has 0 aromatic carbocycles. The molecule has 1 fully saturated rings. The van der Waals surface area contributed by atoms with Crippen molar-refractivity contribution in [3.05, 3.63) is 29.0 Å². The van der Waals surface area contributed by atoms with Gasteiger partial charge < -0.3 is 4.90 Å². The van der Waals surface area contributed by atoms with Gasteiger partial charge in [-0.25, -0.2) is 0 Å². The molecule has 1 atom stereocenters. The highest BCUT2D eigenvalue weighted by atomic mass is 35.5. The van der Waals surface area contributed by atoms with E-state index in [-0.39, 0.29) is 11.9 Å². The third kappa shape index (κ3) is 2.40. The molecule has 0 bridgehead atoms. The van der Waals surface area contributed by atoms with Crippen molar-refractivity contribution in [3.63, 3.8) is 0 Å². The summed E-state index contributed by atoms with van der Waals surface area (Å²) in [4.78, 5) is 17.7. The lowest BCUT2D eigenvalue weighted by Crippen LogP contribution is -2.43. The van der Waals surface area contributed by atoms with Crippen LogP contribution in [0.4, 0.5) is 0 Å². The summed E-state index contributed by atoms with van der Waals surface area (Å²) >= 11 is 5.94. The minimum absolute atomic E-state index is 0.177. The SMILES string of the molecule is N#CC1CCCCN1C(=O)c1ccncc1Cl. The molecule has 2 heterocycles. The fourth-order valence-corrected chi connectivity index (χ4v) is 2.21. The number of likely N-dealkylation sites (tertiary alicyclic amines) is 1. The Morgan fingerprint density at radius 3 is 3.12 bits per heavy atom. The monoisotopic (exact) mass is 249 g/mol. The molecule has 2 rings (SSSR count). The Kier molecular flexibility index (Phi) is 3.60. The molecule has 0 saturated carbocycles. The molecule has 0 spiro atoms. The quantitative estimate of drug-likeness (QED) is 0.767. The number of piperidine rings is 1. The summed E-state index contributed by atoms with van der Waals surface area (Å²) in [6.45, 7) is 0.621. The van der Waals surface area contributed by atoms with E-state index in [1.165, 1.54) is 12.4 Å². The van der Waals surface area contributed by atoms with Crippen LogP contribution < -0.4 is 0 Å². The molecule has 0 radical (unpaired) electrons. The molecule has 1 aliphatic rings. The van der Waals surface area contributed by atoms with E-state index in [9.17, 15) is 4.79 Å². The highest BCUT2D eigenvalue weighted by molar-refractivity contribution is 6.33. The van der Waals surface area contributed by atoms with Crippen molar-refractivity contribution in [1.82, 2.24) is 9.88 Å². The van der Waals surface area contributed by atoms with Crippen LogP contribution in [0.1, 0.15) is 29.6 Å². The van der Waals surface area contributed by atoms with Crippen LogP contribution in [0.3, 0.4) is 0 Å². The van der Waals surface area contributed by atoms with Gasteiger partial charge in [0.25, 0.3) is 5.91 Å². The minimum atomic E-state index is -0.333. The molecule has 1 aliphatic heterocycles. The van der Waals surface area contributed by atoms with E-state index >= 15 is 0 Å². The van der Waals surface area contributed by atoms with E-state index < -0.39 is 0 Å². The molecule has 1 saturated heterocycles. The maximum atomic E-state index is 12.3. The van der Waals surface area contributed by atoms with E-state index in [4.69, 9.17) is 16.9 Å². The van der Waals surface area contributed by atoms with Crippen LogP contribution in [0.15, 0.2) is 18.5 Å². The molecule has 88 valence electrons. The topological polar surface area (TPSA) is 57.0 Å². The zero-order valence-corrected chi connectivity index (χ0v) is 10.0. The van der Waals surface area contributed by atoms with Crippen LogP contribution in [0, 0.1) is 11.3 Å². The summed E-state index contributed by atoms with van der Waals surface area (Å²) < 4.78 is 0. The fraction of sp³-hybridized carbons (Fsp3) is 0.417. The Bertz CT molecular complexity index is 469. The van der Waals surface area contributed by atoms with Gasteiger partial charge >= 0.3 is 0 Å². The predicted octanol–water partition coefficient (Wildman–Crippen LogP) is 2.25. The Morgan fingerprint density at radius 2 is 2.41 bits per heavy atom. The van der Waals surface area contributed by atoms with E-state index in [1.54, 1.807) is 11.0 Å². The summed E-state index contributed by atoms with van der Waals surface area (Å²) in [7, 11) is 0. The highest BCUT2D eigenvalue weighted by Gasteiger charge is 2.28. The third-order valence-corrected chi connectivity index (χ3v) is 3.22. The van der Waals surface area contributed by atoms with Gasteiger partial charge in [-0.1, -0.05) is 11.6 Å². The molecular weight excluding hydrogens is 238 g/mol. The van der Waals surface area contributed by atoms with Crippen LogP contribution >= 0.6 is 11.6 Å². The highest BCUT2D eigenvalue weighted by Crippen LogP contribution is 2.22. The van der Waals surface area contributed by atoms with Gasteiger partial charge in [0.05, 0.1) is 16.7 Å². The van der Waals surface area contributed by atoms with Gasteiger partial charge in [0, 0.05) is 18.9 Å². The first-order valence-corrected chi connectivity index (χ1v) is 5.92. The smallest absolute Gasteiger partial charge is 0.256 e. The number of aromatic nitrogens is 1. The normalized spacial score (nSPS) is 19.8. The summed E-state index contributed by atoms with van der Waals surface area (Å²) in [5.74, 6) is -0.177. The number of hydrogen-bond donors (Lipinski definition) is 0. The average molecular weight is 250 g/mol. The van der Waals surface area contributed by atoms with Crippen LogP contribution in [-0.4, -0.2) is 28.4 Å². The largest absolute Gasteiger partial charge is 0.323 e. The van der Waals surface area contributed by atoms with Gasteiger partial charge in [-0.3, -0.25) is 9.78 Å². The molecular formula is C12H12ClN3O. The van der Waals surface area contributed by atoms with Crippen LogP contribution in [0.2, 0.25) is 5.02 Å². The summed E-state index contributed by atoms with van der Waals surface area (Å²) in [5, 5.41) is 9.37. The molecule has 1 unspecified atom stereocenters. The van der Waals surface area contributed by atoms with E-state index in [0.717, 1.165) is 19.3 Å². The molecule has 17 heavy (non-hydrogen) atoms. The maximum absolute atomic E-state index is 12.3. The lowest BCUT2D eigenvalue weighted by Gasteiger charge is -2.31. The third-order valence-electron chi connectivity index (χ3n) is 2.92. The number of halogens is 1. The lowest BCUT2D eigenvalue weighted by molar-refractivity contribution is 0.0670. The van der Waals surface area contributed by atoms with E-state index in [2.05, 4.69) is 11.1 Å². The van der Waals surface area contributed by atoms with Crippen LogP contribution in [0.25, 0.3) is 0 Å². The fourth-order valence-electron chi connectivity index (χ4n) is 2.01. The molecule has 4 nitrogen and oxygen atoms in total. The Labute approximate surface area is 105 Å². The van der Waals surface area contributed by atoms with Crippen molar-refractivity contribution in [3.8, 4) is 6.07 Å². The second-order valence-electron chi connectivity index (χ2n) is 3.99. The van der Waals surface area contributed by atoms with E-state index in [0.29, 0.717) is 17.1 Å². The molecule has 1 aromatic rings. The van der Waals surface area contributed by atoms with Crippen molar-refractivity contribution in [2.24, 2.45) is 0 Å². The van der Waals surface area contributed by atoms with Gasteiger partial charge in [-0.2, -0.15) is 5.26 Å². The average Bonchev–Trinajstić information content (AvgIpc) is 2.38. The first kappa shape index (κ1) is 11.9. The Morgan fingerprint density at radius 1 is 1.59 bits per heavy atom. The number of rotatable bonds is 1. The molecule has 1 aromatic heterocycles. The van der Waals surface area contributed by atoms with E-state index in [1.807, 2.05) is 0 Å². The zero-order chi connectivity index (χ0) is 12.3. The van der Waals surface area contributed by atoms with Crippen LogP contribution in [-0.2, 0) is 0 Å². The van der Waals surface area contributed by atoms with Crippen molar-refractivity contribution in [1.29, 1.82) is 5.26 Å².